The number of fused-ring (bicyclic) bond motifs is 2. The van der Waals surface area contributed by atoms with Crippen LogP contribution in [0.5, 0.6) is 0 Å². The summed E-state index contributed by atoms with van der Waals surface area (Å²) in [4.78, 5) is 13.2. The van der Waals surface area contributed by atoms with Crippen LogP contribution in [0.2, 0.25) is 0 Å². The normalized spacial score (nSPS) is 21.3. The first kappa shape index (κ1) is 12.2. The number of rotatable bonds is 0. The van der Waals surface area contributed by atoms with Gasteiger partial charge in [-0.2, -0.15) is 5.10 Å². The lowest BCUT2D eigenvalue weighted by atomic mass is 9.87. The van der Waals surface area contributed by atoms with Crippen molar-refractivity contribution in [3.63, 3.8) is 0 Å². The van der Waals surface area contributed by atoms with Crippen LogP contribution in [0.1, 0.15) is 18.5 Å². The average molecular weight is 263 g/mol. The standard InChI is InChI=1S/C13H17N3O3/c1-10-9-19-13(11-3-6-14-16(10)11)4-7-15(8-5-13)12(17)18-2/h3,6H,1,4-5,7-9H2,2H3. The van der Waals surface area contributed by atoms with Gasteiger partial charge in [-0.3, -0.25) is 0 Å². The fourth-order valence-electron chi connectivity index (χ4n) is 2.84. The zero-order chi connectivity index (χ0) is 13.5. The van der Waals surface area contributed by atoms with Gasteiger partial charge in [0.15, 0.2) is 0 Å². The molecule has 1 aromatic rings. The number of piperidine rings is 1. The van der Waals surface area contributed by atoms with E-state index in [2.05, 4.69) is 11.7 Å². The Hall–Kier alpha value is -1.82. The molecule has 0 N–H and O–H groups in total. The molecule has 1 aromatic heterocycles. The number of carbonyl (C=O) groups excluding carboxylic acids is 1. The monoisotopic (exact) mass is 263 g/mol. The minimum atomic E-state index is -0.345. The third-order valence-corrected chi connectivity index (χ3v) is 3.93. The van der Waals surface area contributed by atoms with Crippen LogP contribution in [0.15, 0.2) is 18.8 Å². The molecule has 3 heterocycles. The Morgan fingerprint density at radius 1 is 1.53 bits per heavy atom. The van der Waals surface area contributed by atoms with E-state index in [-0.39, 0.29) is 11.7 Å². The fourth-order valence-corrected chi connectivity index (χ4v) is 2.84. The Balaban J connectivity index is 1.83. The molecule has 1 amide bonds. The third-order valence-electron chi connectivity index (χ3n) is 3.93. The largest absolute Gasteiger partial charge is 0.453 e. The second kappa shape index (κ2) is 4.38. The predicted octanol–water partition coefficient (Wildman–Crippen LogP) is 1.44. The van der Waals surface area contributed by atoms with E-state index in [4.69, 9.17) is 9.47 Å². The van der Waals surface area contributed by atoms with Gasteiger partial charge < -0.3 is 14.4 Å². The van der Waals surface area contributed by atoms with Crippen molar-refractivity contribution in [3.05, 3.63) is 24.5 Å². The first-order valence-electron chi connectivity index (χ1n) is 6.36. The highest BCUT2D eigenvalue weighted by Crippen LogP contribution is 2.40. The number of ether oxygens (including phenoxy) is 2. The molecule has 0 unspecified atom stereocenters. The van der Waals surface area contributed by atoms with Crippen molar-refractivity contribution >= 4 is 11.8 Å². The quantitative estimate of drug-likeness (QED) is 0.710. The molecule has 3 rings (SSSR count). The van der Waals surface area contributed by atoms with Gasteiger partial charge in [-0.15, -0.1) is 0 Å². The number of nitrogens with zero attached hydrogens (tertiary/aromatic N) is 3. The maximum Gasteiger partial charge on any atom is 0.409 e. The molecule has 1 fully saturated rings. The molecule has 0 aromatic carbocycles. The molecule has 102 valence electrons. The van der Waals surface area contributed by atoms with E-state index in [1.165, 1.54) is 7.11 Å². The Labute approximate surface area is 111 Å². The highest BCUT2D eigenvalue weighted by Gasteiger charge is 2.43. The highest BCUT2D eigenvalue weighted by molar-refractivity contribution is 5.67. The summed E-state index contributed by atoms with van der Waals surface area (Å²) in [5.41, 5.74) is 1.54. The number of amides is 1. The van der Waals surface area contributed by atoms with Crippen molar-refractivity contribution in [2.24, 2.45) is 0 Å². The Bertz CT molecular complexity index is 515. The molecule has 0 atom stereocenters. The molecule has 0 radical (unpaired) electrons. The zero-order valence-corrected chi connectivity index (χ0v) is 11.0. The van der Waals surface area contributed by atoms with E-state index >= 15 is 0 Å². The third kappa shape index (κ3) is 1.83. The Morgan fingerprint density at radius 2 is 2.26 bits per heavy atom. The minimum Gasteiger partial charge on any atom is -0.453 e. The molecule has 19 heavy (non-hydrogen) atoms. The summed E-state index contributed by atoms with van der Waals surface area (Å²) < 4.78 is 12.6. The first-order valence-corrected chi connectivity index (χ1v) is 6.36. The van der Waals surface area contributed by atoms with Crippen LogP contribution < -0.4 is 0 Å². The molecule has 2 aliphatic heterocycles. The van der Waals surface area contributed by atoms with Crippen molar-refractivity contribution in [2.45, 2.75) is 18.4 Å². The van der Waals surface area contributed by atoms with Gasteiger partial charge in [0.2, 0.25) is 0 Å². The van der Waals surface area contributed by atoms with Crippen LogP contribution in [0.4, 0.5) is 4.79 Å². The molecule has 6 heteroatoms. The second-order valence-electron chi connectivity index (χ2n) is 4.93. The lowest BCUT2D eigenvalue weighted by Crippen LogP contribution is -2.49. The van der Waals surface area contributed by atoms with E-state index in [0.717, 1.165) is 24.2 Å². The van der Waals surface area contributed by atoms with E-state index < -0.39 is 0 Å². The number of carbonyl (C=O) groups is 1. The number of methoxy groups -OCH3 is 1. The fraction of sp³-hybridized carbons (Fsp3) is 0.538. The van der Waals surface area contributed by atoms with Gasteiger partial charge in [0.25, 0.3) is 0 Å². The molecule has 0 bridgehead atoms. The van der Waals surface area contributed by atoms with E-state index in [0.29, 0.717) is 19.7 Å². The van der Waals surface area contributed by atoms with E-state index in [1.807, 2.05) is 10.7 Å². The smallest absolute Gasteiger partial charge is 0.409 e. The molecule has 2 aliphatic rings. The van der Waals surface area contributed by atoms with Crippen LogP contribution in [0.3, 0.4) is 0 Å². The van der Waals surface area contributed by atoms with Gasteiger partial charge in [0.1, 0.15) is 5.60 Å². The Morgan fingerprint density at radius 3 is 2.95 bits per heavy atom. The van der Waals surface area contributed by atoms with Crippen LogP contribution in [-0.4, -0.2) is 47.6 Å². The average Bonchev–Trinajstić information content (AvgIpc) is 2.94. The van der Waals surface area contributed by atoms with E-state index in [1.54, 1.807) is 11.1 Å². The Kier molecular flexibility index (Phi) is 2.82. The summed E-state index contributed by atoms with van der Waals surface area (Å²) in [6.07, 6.45) is 3.00. The second-order valence-corrected chi connectivity index (χ2v) is 4.93. The van der Waals surface area contributed by atoms with Gasteiger partial charge in [-0.05, 0) is 18.9 Å². The molecular weight excluding hydrogens is 246 g/mol. The van der Waals surface area contributed by atoms with Crippen molar-refractivity contribution in [1.29, 1.82) is 0 Å². The van der Waals surface area contributed by atoms with Crippen molar-refractivity contribution < 1.29 is 14.3 Å². The van der Waals surface area contributed by atoms with Gasteiger partial charge in [-0.1, -0.05) is 6.58 Å². The summed E-state index contributed by atoms with van der Waals surface area (Å²) in [6, 6.07) is 1.97. The summed E-state index contributed by atoms with van der Waals surface area (Å²) in [6.45, 7) is 5.69. The van der Waals surface area contributed by atoms with Crippen molar-refractivity contribution in [3.8, 4) is 0 Å². The van der Waals surface area contributed by atoms with Gasteiger partial charge in [0.05, 0.1) is 25.1 Å². The van der Waals surface area contributed by atoms with Crippen molar-refractivity contribution in [2.75, 3.05) is 26.8 Å². The highest BCUT2D eigenvalue weighted by atomic mass is 16.5. The topological polar surface area (TPSA) is 56.6 Å². The summed E-state index contributed by atoms with van der Waals surface area (Å²) in [7, 11) is 1.41. The van der Waals surface area contributed by atoms with Crippen LogP contribution in [0, 0.1) is 0 Å². The maximum atomic E-state index is 11.5. The summed E-state index contributed by atoms with van der Waals surface area (Å²) >= 11 is 0. The number of hydrogen-bond donors (Lipinski definition) is 0. The van der Waals surface area contributed by atoms with Gasteiger partial charge in [0, 0.05) is 19.3 Å². The van der Waals surface area contributed by atoms with Crippen LogP contribution in [0.25, 0.3) is 5.70 Å². The summed E-state index contributed by atoms with van der Waals surface area (Å²) in [5, 5.41) is 4.29. The number of hydrogen-bond acceptors (Lipinski definition) is 4. The number of aromatic nitrogens is 2. The van der Waals surface area contributed by atoms with Gasteiger partial charge in [-0.25, -0.2) is 9.48 Å². The molecule has 1 saturated heterocycles. The lowest BCUT2D eigenvalue weighted by Gasteiger charge is -2.43. The molecule has 1 spiro atoms. The summed E-state index contributed by atoms with van der Waals surface area (Å²) in [5.74, 6) is 0. The van der Waals surface area contributed by atoms with Crippen LogP contribution in [-0.2, 0) is 15.1 Å². The molecule has 0 saturated carbocycles. The predicted molar refractivity (Wildman–Crippen MR) is 68.4 cm³/mol. The lowest BCUT2D eigenvalue weighted by molar-refractivity contribution is -0.0872. The minimum absolute atomic E-state index is 0.274. The first-order chi connectivity index (χ1) is 9.16. The van der Waals surface area contributed by atoms with Gasteiger partial charge >= 0.3 is 6.09 Å². The van der Waals surface area contributed by atoms with Crippen LogP contribution >= 0.6 is 0 Å². The SMILES string of the molecule is C=C1COC2(CCN(C(=O)OC)CC2)c2ccnn21. The van der Waals surface area contributed by atoms with E-state index in [9.17, 15) is 4.79 Å². The maximum absolute atomic E-state index is 11.5. The van der Waals surface area contributed by atoms with Crippen molar-refractivity contribution in [1.82, 2.24) is 14.7 Å². The molecule has 0 aliphatic carbocycles. The molecule has 6 nitrogen and oxygen atoms in total. The molecular formula is C13H17N3O3. The number of likely N-dealkylation sites (tertiary alicyclic amines) is 1. The zero-order valence-electron chi connectivity index (χ0n) is 11.0.